The first-order valence-electron chi connectivity index (χ1n) is 7.57. The molecule has 0 aliphatic carbocycles. The van der Waals surface area contributed by atoms with Crippen LogP contribution in [0, 0.1) is 12.7 Å². The summed E-state index contributed by atoms with van der Waals surface area (Å²) in [4.78, 5) is 4.48. The number of likely N-dealkylation sites (N-methyl/N-ethyl adjacent to an activating group) is 1. The van der Waals surface area contributed by atoms with E-state index in [1.54, 1.807) is 6.07 Å². The van der Waals surface area contributed by atoms with E-state index in [1.165, 1.54) is 5.56 Å². The van der Waals surface area contributed by atoms with Crippen molar-refractivity contribution in [2.45, 2.75) is 39.7 Å². The first-order chi connectivity index (χ1) is 10.1. The molecule has 0 bridgehead atoms. The van der Waals surface area contributed by atoms with Gasteiger partial charge in [0.05, 0.1) is 0 Å². The van der Waals surface area contributed by atoms with E-state index in [0.717, 1.165) is 24.2 Å². The summed E-state index contributed by atoms with van der Waals surface area (Å²) in [7, 11) is 0. The smallest absolute Gasteiger partial charge is 0.128 e. The van der Waals surface area contributed by atoms with E-state index in [4.69, 9.17) is 0 Å². The van der Waals surface area contributed by atoms with Crippen molar-refractivity contribution in [1.82, 2.24) is 10.3 Å². The Labute approximate surface area is 126 Å². The lowest BCUT2D eigenvalue weighted by Crippen LogP contribution is -2.24. The molecule has 112 valence electrons. The monoisotopic (exact) mass is 286 g/mol. The van der Waals surface area contributed by atoms with Gasteiger partial charge in [-0.1, -0.05) is 32.0 Å². The molecule has 0 aliphatic heterocycles. The number of nitrogens with one attached hydrogen (secondary N) is 1. The number of benzene rings is 1. The minimum Gasteiger partial charge on any atom is -0.310 e. The van der Waals surface area contributed by atoms with E-state index < -0.39 is 0 Å². The number of nitrogens with zero attached hydrogens (tertiary/aromatic N) is 1. The molecular formula is C18H23FN2. The molecule has 1 aromatic carbocycles. The van der Waals surface area contributed by atoms with Crippen LogP contribution in [0.2, 0.25) is 0 Å². The van der Waals surface area contributed by atoms with Gasteiger partial charge < -0.3 is 5.32 Å². The summed E-state index contributed by atoms with van der Waals surface area (Å²) in [5.74, 6) is -0.147. The Kier molecular flexibility index (Phi) is 5.45. The summed E-state index contributed by atoms with van der Waals surface area (Å²) in [6, 6.07) is 9.50. The van der Waals surface area contributed by atoms with Gasteiger partial charge in [-0.25, -0.2) is 4.39 Å². The van der Waals surface area contributed by atoms with E-state index in [0.29, 0.717) is 12.0 Å². The van der Waals surface area contributed by atoms with E-state index >= 15 is 0 Å². The Balaban J connectivity index is 2.21. The highest BCUT2D eigenvalue weighted by Crippen LogP contribution is 2.21. The van der Waals surface area contributed by atoms with Crippen molar-refractivity contribution < 1.29 is 4.39 Å². The third-order valence-corrected chi connectivity index (χ3v) is 3.69. The molecule has 3 heteroatoms. The van der Waals surface area contributed by atoms with Gasteiger partial charge in [-0.3, -0.25) is 4.98 Å². The van der Waals surface area contributed by atoms with Gasteiger partial charge in [-0.2, -0.15) is 0 Å². The van der Waals surface area contributed by atoms with Gasteiger partial charge in [-0.15, -0.1) is 0 Å². The number of hydrogen-bond donors (Lipinski definition) is 1. The minimum absolute atomic E-state index is 0.0458. The van der Waals surface area contributed by atoms with Crippen LogP contribution in [-0.2, 0) is 12.8 Å². The third kappa shape index (κ3) is 4.11. The maximum absolute atomic E-state index is 14.2. The summed E-state index contributed by atoms with van der Waals surface area (Å²) in [5.41, 5.74) is 3.86. The molecular weight excluding hydrogens is 263 g/mol. The first-order valence-corrected chi connectivity index (χ1v) is 7.57. The van der Waals surface area contributed by atoms with Crippen LogP contribution in [-0.4, -0.2) is 11.5 Å². The maximum atomic E-state index is 14.2. The standard InChI is InChI=1S/C18H23FN2/c1-4-14-7-8-15(21-12-14)11-18(20-5-2)16-9-6-13(3)10-17(16)19/h6-10,12,18,20H,4-5,11H2,1-3H3. The fourth-order valence-electron chi connectivity index (χ4n) is 2.45. The molecule has 1 atom stereocenters. The summed E-state index contributed by atoms with van der Waals surface area (Å²) in [5, 5.41) is 3.36. The third-order valence-electron chi connectivity index (χ3n) is 3.69. The SMILES string of the molecule is CCNC(Cc1ccc(CC)cn1)c1ccc(C)cc1F. The number of halogens is 1. The van der Waals surface area contributed by atoms with Crippen molar-refractivity contribution in [3.63, 3.8) is 0 Å². The number of aryl methyl sites for hydroxylation is 2. The average Bonchev–Trinajstić information content (AvgIpc) is 2.48. The lowest BCUT2D eigenvalue weighted by Gasteiger charge is -2.19. The van der Waals surface area contributed by atoms with Crippen molar-refractivity contribution in [2.24, 2.45) is 0 Å². The van der Waals surface area contributed by atoms with E-state index in [2.05, 4.69) is 23.3 Å². The average molecular weight is 286 g/mol. The molecule has 1 N–H and O–H groups in total. The molecule has 2 nitrogen and oxygen atoms in total. The van der Waals surface area contributed by atoms with Crippen LogP contribution in [0.15, 0.2) is 36.5 Å². The predicted octanol–water partition coefficient (Wildman–Crippen LogP) is 3.98. The molecule has 0 fully saturated rings. The van der Waals surface area contributed by atoms with Gasteiger partial charge >= 0.3 is 0 Å². The normalized spacial score (nSPS) is 12.4. The molecule has 0 amide bonds. The molecule has 0 radical (unpaired) electrons. The topological polar surface area (TPSA) is 24.9 Å². The number of rotatable bonds is 6. The van der Waals surface area contributed by atoms with Crippen LogP contribution in [0.4, 0.5) is 4.39 Å². The molecule has 1 heterocycles. The van der Waals surface area contributed by atoms with Gasteiger partial charge in [-0.05, 0) is 43.1 Å². The van der Waals surface area contributed by atoms with Crippen molar-refractivity contribution in [2.75, 3.05) is 6.54 Å². The lowest BCUT2D eigenvalue weighted by molar-refractivity contribution is 0.506. The van der Waals surface area contributed by atoms with Crippen LogP contribution in [0.25, 0.3) is 0 Å². The quantitative estimate of drug-likeness (QED) is 0.868. The van der Waals surface area contributed by atoms with Gasteiger partial charge in [0.2, 0.25) is 0 Å². The zero-order chi connectivity index (χ0) is 15.2. The molecule has 2 rings (SSSR count). The van der Waals surface area contributed by atoms with Gasteiger partial charge in [0.15, 0.2) is 0 Å². The zero-order valence-corrected chi connectivity index (χ0v) is 13.0. The predicted molar refractivity (Wildman–Crippen MR) is 84.9 cm³/mol. The zero-order valence-electron chi connectivity index (χ0n) is 13.0. The van der Waals surface area contributed by atoms with E-state index in [-0.39, 0.29) is 11.9 Å². The second-order valence-corrected chi connectivity index (χ2v) is 5.35. The molecule has 0 aliphatic rings. The molecule has 0 saturated carbocycles. The molecule has 0 spiro atoms. The number of aromatic nitrogens is 1. The molecule has 1 aromatic heterocycles. The highest BCUT2D eigenvalue weighted by molar-refractivity contribution is 5.27. The highest BCUT2D eigenvalue weighted by atomic mass is 19.1. The van der Waals surface area contributed by atoms with Gasteiger partial charge in [0.1, 0.15) is 5.82 Å². The largest absolute Gasteiger partial charge is 0.310 e. The minimum atomic E-state index is -0.147. The lowest BCUT2D eigenvalue weighted by atomic mass is 9.99. The van der Waals surface area contributed by atoms with Crippen LogP contribution in [0.3, 0.4) is 0 Å². The summed E-state index contributed by atoms with van der Waals surface area (Å²) in [6.45, 7) is 6.84. The maximum Gasteiger partial charge on any atom is 0.128 e. The van der Waals surface area contributed by atoms with Crippen LogP contribution in [0.1, 0.15) is 42.3 Å². The Morgan fingerprint density at radius 2 is 2.00 bits per heavy atom. The number of pyridine rings is 1. The molecule has 0 saturated heterocycles. The fraction of sp³-hybridized carbons (Fsp3) is 0.389. The summed E-state index contributed by atoms with van der Waals surface area (Å²) < 4.78 is 14.2. The first kappa shape index (κ1) is 15.6. The van der Waals surface area contributed by atoms with Crippen LogP contribution >= 0.6 is 0 Å². The van der Waals surface area contributed by atoms with Crippen molar-refractivity contribution >= 4 is 0 Å². The van der Waals surface area contributed by atoms with Crippen molar-refractivity contribution in [3.8, 4) is 0 Å². The Hall–Kier alpha value is -1.74. The van der Waals surface area contributed by atoms with Gasteiger partial charge in [0, 0.05) is 29.9 Å². The second-order valence-electron chi connectivity index (χ2n) is 5.35. The Bertz CT molecular complexity index is 578. The van der Waals surface area contributed by atoms with E-state index in [9.17, 15) is 4.39 Å². The number of hydrogen-bond acceptors (Lipinski definition) is 2. The highest BCUT2D eigenvalue weighted by Gasteiger charge is 2.16. The Morgan fingerprint density at radius 1 is 1.19 bits per heavy atom. The fourth-order valence-corrected chi connectivity index (χ4v) is 2.45. The van der Waals surface area contributed by atoms with Crippen molar-refractivity contribution in [3.05, 3.63) is 64.7 Å². The molecule has 1 unspecified atom stereocenters. The Morgan fingerprint density at radius 3 is 2.57 bits per heavy atom. The summed E-state index contributed by atoms with van der Waals surface area (Å²) >= 11 is 0. The summed E-state index contributed by atoms with van der Waals surface area (Å²) in [6.07, 6.45) is 3.58. The van der Waals surface area contributed by atoms with E-state index in [1.807, 2.05) is 38.2 Å². The molecule has 2 aromatic rings. The van der Waals surface area contributed by atoms with Crippen molar-refractivity contribution in [1.29, 1.82) is 0 Å². The van der Waals surface area contributed by atoms with Crippen LogP contribution in [0.5, 0.6) is 0 Å². The van der Waals surface area contributed by atoms with Gasteiger partial charge in [0.25, 0.3) is 0 Å². The molecule has 21 heavy (non-hydrogen) atoms. The second kappa shape index (κ2) is 7.32. The van der Waals surface area contributed by atoms with Crippen LogP contribution < -0.4 is 5.32 Å².